The Hall–Kier alpha value is -1.60. The molecule has 0 radical (unpaired) electrons. The fourth-order valence-corrected chi connectivity index (χ4v) is 1.33. The zero-order valence-electron chi connectivity index (χ0n) is 8.27. The predicted octanol–water partition coefficient (Wildman–Crippen LogP) is 3.09. The van der Waals surface area contributed by atoms with Crippen molar-refractivity contribution in [3.8, 4) is 0 Å². The largest absolute Gasteiger partial charge is 0.400 e. The Morgan fingerprint density at radius 3 is 2.29 bits per heavy atom. The molecule has 0 aliphatic carbocycles. The highest BCUT2D eigenvalue weighted by Crippen LogP contribution is 2.15. The number of hydrogen-bond acceptors (Lipinski definition) is 1. The van der Waals surface area contributed by atoms with Gasteiger partial charge >= 0.3 is 0 Å². The number of aliphatic hydroxyl groups is 1. The van der Waals surface area contributed by atoms with Crippen LogP contribution in [0.5, 0.6) is 0 Å². The molecular formula is C13H14O. The van der Waals surface area contributed by atoms with E-state index >= 15 is 0 Å². The molecule has 1 N–H and O–H groups in total. The number of aliphatic hydroxyl groups excluding tert-OH is 1. The molecule has 0 fully saturated rings. The molecule has 0 spiro atoms. The van der Waals surface area contributed by atoms with Crippen LogP contribution in [0.2, 0.25) is 0 Å². The van der Waals surface area contributed by atoms with Crippen LogP contribution in [0.3, 0.4) is 0 Å². The minimum absolute atomic E-state index is 1.00. The van der Waals surface area contributed by atoms with Crippen molar-refractivity contribution in [3.63, 3.8) is 0 Å². The molecule has 0 saturated carbocycles. The van der Waals surface area contributed by atoms with Gasteiger partial charge in [0.2, 0.25) is 0 Å². The van der Waals surface area contributed by atoms with Crippen molar-refractivity contribution in [3.05, 3.63) is 54.6 Å². The van der Waals surface area contributed by atoms with Crippen molar-refractivity contribution in [2.45, 2.75) is 0 Å². The summed E-state index contributed by atoms with van der Waals surface area (Å²) in [5.41, 5.74) is 1.17. The third-order valence-corrected chi connectivity index (χ3v) is 2.01. The molecule has 0 amide bonds. The molecule has 0 bridgehead atoms. The van der Waals surface area contributed by atoms with Gasteiger partial charge in [-0.15, -0.1) is 0 Å². The summed E-state index contributed by atoms with van der Waals surface area (Å²) in [5.74, 6) is 0. The Bertz CT molecular complexity index is 418. The quantitative estimate of drug-likeness (QED) is 0.725. The average molecular weight is 186 g/mol. The molecule has 2 rings (SSSR count). The van der Waals surface area contributed by atoms with Crippen LogP contribution in [-0.2, 0) is 0 Å². The first-order valence-corrected chi connectivity index (χ1v) is 4.46. The highest BCUT2D eigenvalue weighted by atomic mass is 16.2. The predicted molar refractivity (Wildman–Crippen MR) is 62.2 cm³/mol. The van der Waals surface area contributed by atoms with E-state index < -0.39 is 0 Å². The van der Waals surface area contributed by atoms with Gasteiger partial charge in [-0.2, -0.15) is 0 Å². The van der Waals surface area contributed by atoms with Crippen LogP contribution in [0.25, 0.3) is 16.8 Å². The summed E-state index contributed by atoms with van der Waals surface area (Å²) in [6.45, 7) is 3.74. The fraction of sp³-hybridized carbons (Fsp3) is 0.0769. The normalized spacial score (nSPS) is 9.00. The van der Waals surface area contributed by atoms with Crippen LogP contribution >= 0.6 is 0 Å². The number of rotatable bonds is 1. The monoisotopic (exact) mass is 186 g/mol. The maximum absolute atomic E-state index is 7.00. The van der Waals surface area contributed by atoms with Crippen LogP contribution in [0, 0.1) is 0 Å². The average Bonchev–Trinajstić information content (AvgIpc) is 2.31. The van der Waals surface area contributed by atoms with Crippen molar-refractivity contribution >= 4 is 16.8 Å². The summed E-state index contributed by atoms with van der Waals surface area (Å²) < 4.78 is 0. The standard InChI is InChI=1S/C12H10.CH4O/c1-2-10-7-8-11-5-3-4-6-12(11)9-10;1-2/h2-9H,1H2;2H,1H3. The molecule has 0 saturated heterocycles. The molecule has 0 heterocycles. The van der Waals surface area contributed by atoms with Crippen LogP contribution in [0.15, 0.2) is 49.0 Å². The fourth-order valence-electron chi connectivity index (χ4n) is 1.33. The van der Waals surface area contributed by atoms with E-state index in [1.54, 1.807) is 0 Å². The zero-order valence-corrected chi connectivity index (χ0v) is 8.27. The van der Waals surface area contributed by atoms with Crippen LogP contribution in [0.1, 0.15) is 5.56 Å². The van der Waals surface area contributed by atoms with Crippen molar-refractivity contribution in [1.29, 1.82) is 0 Å². The zero-order chi connectivity index (χ0) is 10.4. The summed E-state index contributed by atoms with van der Waals surface area (Å²) in [5, 5.41) is 9.55. The third-order valence-electron chi connectivity index (χ3n) is 2.01. The molecule has 0 aromatic heterocycles. The third kappa shape index (κ3) is 2.21. The van der Waals surface area contributed by atoms with E-state index in [-0.39, 0.29) is 0 Å². The summed E-state index contributed by atoms with van der Waals surface area (Å²) in [7, 11) is 1.00. The second-order valence-corrected chi connectivity index (χ2v) is 2.81. The molecule has 0 atom stereocenters. The van der Waals surface area contributed by atoms with Crippen LogP contribution in [-0.4, -0.2) is 12.2 Å². The van der Waals surface area contributed by atoms with Gasteiger partial charge in [-0.05, 0) is 22.4 Å². The first kappa shape index (κ1) is 10.5. The van der Waals surface area contributed by atoms with Crippen molar-refractivity contribution in [2.24, 2.45) is 0 Å². The topological polar surface area (TPSA) is 20.2 Å². The highest BCUT2D eigenvalue weighted by molar-refractivity contribution is 5.84. The van der Waals surface area contributed by atoms with E-state index in [4.69, 9.17) is 5.11 Å². The SMILES string of the molecule is C=Cc1ccc2ccccc2c1.CO. The first-order chi connectivity index (χ1) is 6.90. The van der Waals surface area contributed by atoms with E-state index in [1.807, 2.05) is 6.08 Å². The Kier molecular flexibility index (Phi) is 3.89. The van der Waals surface area contributed by atoms with E-state index in [0.717, 1.165) is 7.11 Å². The molecule has 14 heavy (non-hydrogen) atoms. The molecular weight excluding hydrogens is 172 g/mol. The molecule has 0 aliphatic heterocycles. The van der Waals surface area contributed by atoms with Gasteiger partial charge in [-0.25, -0.2) is 0 Å². The highest BCUT2D eigenvalue weighted by Gasteiger charge is 1.90. The van der Waals surface area contributed by atoms with Gasteiger partial charge in [0.1, 0.15) is 0 Å². The lowest BCUT2D eigenvalue weighted by Crippen LogP contribution is -1.73. The number of hydrogen-bond donors (Lipinski definition) is 1. The summed E-state index contributed by atoms with van der Waals surface area (Å²) in [6, 6.07) is 14.7. The van der Waals surface area contributed by atoms with Gasteiger partial charge < -0.3 is 5.11 Å². The summed E-state index contributed by atoms with van der Waals surface area (Å²) >= 11 is 0. The second kappa shape index (κ2) is 5.20. The molecule has 1 heteroatoms. The van der Waals surface area contributed by atoms with Gasteiger partial charge in [0.05, 0.1) is 0 Å². The Labute approximate surface area is 84.3 Å². The Morgan fingerprint density at radius 1 is 1.00 bits per heavy atom. The molecule has 72 valence electrons. The van der Waals surface area contributed by atoms with Gasteiger partial charge in [0.15, 0.2) is 0 Å². The van der Waals surface area contributed by atoms with Crippen molar-refractivity contribution in [2.75, 3.05) is 7.11 Å². The minimum atomic E-state index is 1.00. The molecule has 0 unspecified atom stereocenters. The van der Waals surface area contributed by atoms with Crippen molar-refractivity contribution in [1.82, 2.24) is 0 Å². The van der Waals surface area contributed by atoms with Gasteiger partial charge in [-0.1, -0.05) is 49.1 Å². The maximum atomic E-state index is 7.00. The van der Waals surface area contributed by atoms with Crippen LogP contribution < -0.4 is 0 Å². The lowest BCUT2D eigenvalue weighted by Gasteiger charge is -1.97. The summed E-state index contributed by atoms with van der Waals surface area (Å²) in [6.07, 6.45) is 1.87. The molecule has 2 aromatic rings. The van der Waals surface area contributed by atoms with Gasteiger partial charge in [0.25, 0.3) is 0 Å². The Morgan fingerprint density at radius 2 is 1.64 bits per heavy atom. The van der Waals surface area contributed by atoms with Crippen LogP contribution in [0.4, 0.5) is 0 Å². The smallest absolute Gasteiger partial charge is 0.0319 e. The lowest BCUT2D eigenvalue weighted by molar-refractivity contribution is 0.399. The number of benzene rings is 2. The Balaban J connectivity index is 0.000000461. The van der Waals surface area contributed by atoms with E-state index in [2.05, 4.69) is 49.0 Å². The first-order valence-electron chi connectivity index (χ1n) is 4.46. The number of fused-ring (bicyclic) bond motifs is 1. The molecule has 0 aliphatic rings. The summed E-state index contributed by atoms with van der Waals surface area (Å²) in [4.78, 5) is 0. The van der Waals surface area contributed by atoms with Gasteiger partial charge in [-0.3, -0.25) is 0 Å². The van der Waals surface area contributed by atoms with E-state index in [0.29, 0.717) is 0 Å². The maximum Gasteiger partial charge on any atom is 0.0319 e. The molecule has 2 aromatic carbocycles. The van der Waals surface area contributed by atoms with E-state index in [1.165, 1.54) is 16.3 Å². The lowest BCUT2D eigenvalue weighted by atomic mass is 10.1. The minimum Gasteiger partial charge on any atom is -0.400 e. The van der Waals surface area contributed by atoms with E-state index in [9.17, 15) is 0 Å². The molecule has 1 nitrogen and oxygen atoms in total. The second-order valence-electron chi connectivity index (χ2n) is 2.81. The van der Waals surface area contributed by atoms with Gasteiger partial charge in [0, 0.05) is 7.11 Å². The van der Waals surface area contributed by atoms with Crippen molar-refractivity contribution < 1.29 is 5.11 Å².